The van der Waals surface area contributed by atoms with Gasteiger partial charge in [-0.25, -0.2) is 0 Å². The molecule has 2 fully saturated rings. The van der Waals surface area contributed by atoms with Crippen LogP contribution in [0.5, 0.6) is 11.5 Å². The molecule has 0 aliphatic carbocycles. The Kier molecular flexibility index (Phi) is 9.18. The summed E-state index contributed by atoms with van der Waals surface area (Å²) in [5, 5.41) is 2.18. The zero-order chi connectivity index (χ0) is 32.3. The molecule has 2 aliphatic rings. The molecule has 0 radical (unpaired) electrons. The van der Waals surface area contributed by atoms with Crippen LogP contribution in [0, 0.1) is 0 Å². The lowest BCUT2D eigenvalue weighted by Gasteiger charge is -2.46. The zero-order valence-electron chi connectivity index (χ0n) is 27.3. The van der Waals surface area contributed by atoms with E-state index in [0.717, 1.165) is 11.1 Å². The Labute approximate surface area is 273 Å². The number of methoxy groups -OCH3 is 2. The first-order valence-electron chi connectivity index (χ1n) is 15.9. The maximum Gasteiger partial charge on any atom is 0.325 e. The average molecular weight is 634 g/mol. The third-order valence-electron chi connectivity index (χ3n) is 9.21. The summed E-state index contributed by atoms with van der Waals surface area (Å²) in [6.07, 6.45) is 4.12. The van der Waals surface area contributed by atoms with Gasteiger partial charge < -0.3 is 18.6 Å². The van der Waals surface area contributed by atoms with Crippen LogP contribution in [0.25, 0.3) is 6.08 Å². The number of esters is 1. The van der Waals surface area contributed by atoms with Gasteiger partial charge in [-0.15, -0.1) is 0 Å². The average Bonchev–Trinajstić information content (AvgIpc) is 3.67. The van der Waals surface area contributed by atoms with Crippen molar-refractivity contribution in [1.82, 2.24) is 4.90 Å². The minimum Gasteiger partial charge on any atom is -0.493 e. The van der Waals surface area contributed by atoms with E-state index in [0.29, 0.717) is 24.5 Å². The monoisotopic (exact) mass is 633 g/mol. The Morgan fingerprint density at radius 1 is 0.826 bits per heavy atom. The van der Waals surface area contributed by atoms with E-state index in [1.54, 1.807) is 14.2 Å². The van der Waals surface area contributed by atoms with Gasteiger partial charge in [-0.3, -0.25) is 9.69 Å². The molecule has 0 N–H and O–H groups in total. The Hall–Kier alpha value is -4.17. The predicted octanol–water partition coefficient (Wildman–Crippen LogP) is 6.23. The number of nitrogens with zero attached hydrogens (tertiary/aromatic N) is 1. The molecule has 2 heterocycles. The fourth-order valence-corrected chi connectivity index (χ4v) is 11.7. The molecule has 7 heteroatoms. The number of cyclic esters (lactones) is 1. The first-order chi connectivity index (χ1) is 22.3. The molecule has 0 bridgehead atoms. The van der Waals surface area contributed by atoms with Crippen molar-refractivity contribution in [1.29, 1.82) is 0 Å². The lowest BCUT2D eigenvalue weighted by atomic mass is 10.1. The fraction of sp³-hybridized carbons (Fsp3) is 0.308. The van der Waals surface area contributed by atoms with Crippen LogP contribution in [0.15, 0.2) is 115 Å². The van der Waals surface area contributed by atoms with Crippen LogP contribution in [-0.2, 0) is 20.5 Å². The summed E-state index contributed by atoms with van der Waals surface area (Å²) in [5.41, 5.74) is 2.17. The smallest absolute Gasteiger partial charge is 0.325 e. The van der Waals surface area contributed by atoms with Gasteiger partial charge >= 0.3 is 5.97 Å². The molecule has 0 amide bonds. The molecule has 0 spiro atoms. The van der Waals surface area contributed by atoms with E-state index in [2.05, 4.69) is 111 Å². The second kappa shape index (κ2) is 13.3. The van der Waals surface area contributed by atoms with Crippen molar-refractivity contribution in [3.8, 4) is 11.5 Å². The molecule has 0 aromatic heterocycles. The van der Waals surface area contributed by atoms with E-state index >= 15 is 0 Å². The van der Waals surface area contributed by atoms with Gasteiger partial charge in [0, 0.05) is 6.54 Å². The zero-order valence-corrected chi connectivity index (χ0v) is 28.3. The molecule has 2 saturated heterocycles. The number of carbonyl (C=O) groups is 1. The maximum absolute atomic E-state index is 13.4. The lowest BCUT2D eigenvalue weighted by molar-refractivity contribution is -0.150. The molecular formula is C39H43NO5Si. The SMILES string of the molecule is COc1ccc(CN2[C@@H]3[C@@H]([C@H](C/C=C/c4ccccc4)O[Si](c4ccccc4)(c4ccccc4)C(C)(C)C)OC(=O)[C@@H]32)cc1OC. The highest BCUT2D eigenvalue weighted by atomic mass is 28.4. The van der Waals surface area contributed by atoms with E-state index in [9.17, 15) is 4.79 Å². The Morgan fingerprint density at radius 2 is 1.41 bits per heavy atom. The largest absolute Gasteiger partial charge is 0.493 e. The van der Waals surface area contributed by atoms with Crippen molar-refractivity contribution in [2.75, 3.05) is 14.2 Å². The molecule has 0 saturated carbocycles. The van der Waals surface area contributed by atoms with Gasteiger partial charge in [0.1, 0.15) is 12.1 Å². The summed E-state index contributed by atoms with van der Waals surface area (Å²) in [5.74, 6) is 1.17. The van der Waals surface area contributed by atoms with Gasteiger partial charge in [0.05, 0.1) is 26.4 Å². The van der Waals surface area contributed by atoms with Crippen LogP contribution in [0.1, 0.15) is 38.3 Å². The number of hydrogen-bond donors (Lipinski definition) is 0. The maximum atomic E-state index is 13.4. The van der Waals surface area contributed by atoms with E-state index in [4.69, 9.17) is 18.6 Å². The van der Waals surface area contributed by atoms with E-state index in [1.165, 1.54) is 10.4 Å². The lowest BCUT2D eigenvalue weighted by Crippen LogP contribution is -2.68. The standard InChI is InChI=1S/C39H43NO5Si/c1-39(2,3)46(30-19-11-7-12-20-30,31-21-13-8-14-22-31)45-33(23-15-18-28-16-9-6-10-17-28)37-35-36(38(41)44-37)40(35)27-29-24-25-32(42-4)34(26-29)43-5/h6-22,24-26,33,35-37H,23,27H2,1-5H3/b18-15+/t33-,35-,36+,37+,40?/m0/s1. The van der Waals surface area contributed by atoms with E-state index in [-0.39, 0.29) is 29.2 Å². The molecule has 4 aromatic rings. The van der Waals surface area contributed by atoms with Crippen molar-refractivity contribution in [2.24, 2.45) is 0 Å². The summed E-state index contributed by atoms with van der Waals surface area (Å²) in [4.78, 5) is 15.6. The van der Waals surface area contributed by atoms with Crippen molar-refractivity contribution < 1.29 is 23.4 Å². The Morgan fingerprint density at radius 3 is 1.98 bits per heavy atom. The van der Waals surface area contributed by atoms with Gasteiger partial charge in [0.2, 0.25) is 0 Å². The van der Waals surface area contributed by atoms with Crippen molar-refractivity contribution in [3.63, 3.8) is 0 Å². The van der Waals surface area contributed by atoms with Gasteiger partial charge in [-0.2, -0.15) is 0 Å². The topological polar surface area (TPSA) is 57.0 Å². The molecule has 1 unspecified atom stereocenters. The summed E-state index contributed by atoms with van der Waals surface area (Å²) in [7, 11) is 0.330. The normalized spacial score (nSPS) is 21.5. The van der Waals surface area contributed by atoms with Crippen molar-refractivity contribution in [3.05, 3.63) is 126 Å². The molecule has 46 heavy (non-hydrogen) atoms. The summed E-state index contributed by atoms with van der Waals surface area (Å²) in [6, 6.07) is 37.1. The van der Waals surface area contributed by atoms with Gasteiger partial charge in [-0.1, -0.05) is 130 Å². The predicted molar refractivity (Wildman–Crippen MR) is 185 cm³/mol. The molecule has 5 atom stereocenters. The van der Waals surface area contributed by atoms with Crippen LogP contribution in [0.3, 0.4) is 0 Å². The number of benzene rings is 4. The third kappa shape index (κ3) is 6.15. The molecule has 6 rings (SSSR count). The van der Waals surface area contributed by atoms with Crippen LogP contribution in [0.4, 0.5) is 0 Å². The first-order valence-corrected chi connectivity index (χ1v) is 17.9. The number of morpholine rings is 1. The van der Waals surface area contributed by atoms with Crippen LogP contribution < -0.4 is 19.8 Å². The Balaban J connectivity index is 1.37. The highest BCUT2D eigenvalue weighted by Gasteiger charge is 2.66. The van der Waals surface area contributed by atoms with E-state index in [1.807, 2.05) is 36.4 Å². The highest BCUT2D eigenvalue weighted by Crippen LogP contribution is 2.46. The van der Waals surface area contributed by atoms with Crippen molar-refractivity contribution in [2.45, 2.75) is 63.1 Å². The summed E-state index contributed by atoms with van der Waals surface area (Å²) >= 11 is 0. The number of carbonyl (C=O) groups excluding carboxylic acids is 1. The molecular weight excluding hydrogens is 591 g/mol. The molecule has 2 aliphatic heterocycles. The van der Waals surface area contributed by atoms with Gasteiger partial charge in [-0.05, 0) is 45.1 Å². The van der Waals surface area contributed by atoms with Crippen LogP contribution >= 0.6 is 0 Å². The number of hydrogen-bond acceptors (Lipinski definition) is 6. The minimum atomic E-state index is -2.94. The number of rotatable bonds is 12. The van der Waals surface area contributed by atoms with Crippen molar-refractivity contribution >= 4 is 30.7 Å². The molecule has 6 nitrogen and oxygen atoms in total. The van der Waals surface area contributed by atoms with Gasteiger partial charge in [0.15, 0.2) is 11.5 Å². The van der Waals surface area contributed by atoms with Gasteiger partial charge in [0.25, 0.3) is 8.32 Å². The van der Waals surface area contributed by atoms with Crippen LogP contribution in [0.2, 0.25) is 5.04 Å². The highest BCUT2D eigenvalue weighted by molar-refractivity contribution is 6.99. The van der Waals surface area contributed by atoms with Crippen LogP contribution in [-0.4, -0.2) is 57.7 Å². The Bertz CT molecular complexity index is 1620. The quantitative estimate of drug-likeness (QED) is 0.105. The summed E-state index contributed by atoms with van der Waals surface area (Å²) in [6.45, 7) is 7.44. The second-order valence-corrected chi connectivity index (χ2v) is 17.3. The number of ether oxygens (including phenoxy) is 3. The second-order valence-electron chi connectivity index (χ2n) is 13.1. The molecule has 238 valence electrons. The fourth-order valence-electron chi connectivity index (χ4n) is 6.97. The number of fused-ring (bicyclic) bond motifs is 1. The van der Waals surface area contributed by atoms with E-state index < -0.39 is 14.4 Å². The molecule has 4 aromatic carbocycles. The minimum absolute atomic E-state index is 0.0751. The third-order valence-corrected chi connectivity index (χ3v) is 14.3. The first kappa shape index (κ1) is 31.8. The summed E-state index contributed by atoms with van der Waals surface area (Å²) < 4.78 is 24.8.